The lowest BCUT2D eigenvalue weighted by atomic mass is 9.89. The maximum absolute atomic E-state index is 12.8. The Labute approximate surface area is 163 Å². The highest BCUT2D eigenvalue weighted by Crippen LogP contribution is 2.34. The summed E-state index contributed by atoms with van der Waals surface area (Å²) in [6.07, 6.45) is -4.08. The van der Waals surface area contributed by atoms with E-state index in [0.29, 0.717) is 19.6 Å². The van der Waals surface area contributed by atoms with Crippen LogP contribution in [0.2, 0.25) is 0 Å². The van der Waals surface area contributed by atoms with Crippen LogP contribution in [0.25, 0.3) is 0 Å². The average Bonchev–Trinajstić information content (AvgIpc) is 3.12. The van der Waals surface area contributed by atoms with E-state index in [4.69, 9.17) is 5.73 Å². The van der Waals surface area contributed by atoms with Crippen LogP contribution in [0.15, 0.2) is 54.6 Å². The fourth-order valence-corrected chi connectivity index (χ4v) is 3.90. The molecule has 3 nitrogen and oxygen atoms in total. The Kier molecular flexibility index (Phi) is 6.08. The molecular formula is C22H25F3N2O. The number of nitrogens with two attached hydrogens (primary N) is 1. The largest absolute Gasteiger partial charge is 0.416 e. The number of carbonyl (C=O) groups is 1. The predicted molar refractivity (Wildman–Crippen MR) is 103 cm³/mol. The molecule has 0 bridgehead atoms. The number of hydrogen-bond donors (Lipinski definition) is 1. The van der Waals surface area contributed by atoms with Crippen LogP contribution in [0.3, 0.4) is 0 Å². The molecule has 1 saturated heterocycles. The summed E-state index contributed by atoms with van der Waals surface area (Å²) in [5.41, 5.74) is 7.18. The molecular weight excluding hydrogens is 365 g/mol. The zero-order valence-corrected chi connectivity index (χ0v) is 15.8. The van der Waals surface area contributed by atoms with Gasteiger partial charge in [-0.2, -0.15) is 13.2 Å². The van der Waals surface area contributed by atoms with Crippen molar-refractivity contribution in [2.75, 3.05) is 19.6 Å². The van der Waals surface area contributed by atoms with Gasteiger partial charge in [0.2, 0.25) is 5.91 Å². The van der Waals surface area contributed by atoms with Crippen molar-refractivity contribution in [2.45, 2.75) is 31.4 Å². The van der Waals surface area contributed by atoms with Crippen molar-refractivity contribution in [3.8, 4) is 0 Å². The number of likely N-dealkylation sites (tertiary alicyclic amines) is 1. The van der Waals surface area contributed by atoms with Gasteiger partial charge in [-0.25, -0.2) is 0 Å². The highest BCUT2D eigenvalue weighted by atomic mass is 19.4. The molecule has 0 saturated carbocycles. The number of halogens is 3. The molecule has 1 unspecified atom stereocenters. The maximum atomic E-state index is 12.8. The lowest BCUT2D eigenvalue weighted by molar-refractivity contribution is -0.137. The van der Waals surface area contributed by atoms with Crippen molar-refractivity contribution < 1.29 is 18.0 Å². The normalized spacial score (nSPS) is 21.0. The predicted octanol–water partition coefficient (Wildman–Crippen LogP) is 4.40. The molecule has 3 rings (SSSR count). The Bertz CT molecular complexity index is 790. The Morgan fingerprint density at radius 3 is 2.32 bits per heavy atom. The highest BCUT2D eigenvalue weighted by molar-refractivity contribution is 5.77. The fraction of sp³-hybridized carbons (Fsp3) is 0.409. The number of amides is 1. The van der Waals surface area contributed by atoms with Gasteiger partial charge in [-0.3, -0.25) is 4.79 Å². The topological polar surface area (TPSA) is 46.3 Å². The molecule has 0 radical (unpaired) electrons. The van der Waals surface area contributed by atoms with E-state index in [-0.39, 0.29) is 30.1 Å². The van der Waals surface area contributed by atoms with E-state index in [9.17, 15) is 18.0 Å². The molecule has 3 atom stereocenters. The summed E-state index contributed by atoms with van der Waals surface area (Å²) in [5.74, 6) is 0.301. The summed E-state index contributed by atoms with van der Waals surface area (Å²) >= 11 is 0. The Balaban J connectivity index is 1.64. The van der Waals surface area contributed by atoms with Gasteiger partial charge in [0.1, 0.15) is 0 Å². The third kappa shape index (κ3) is 4.55. The molecule has 2 aromatic carbocycles. The zero-order chi connectivity index (χ0) is 20.3. The number of hydrogen-bond acceptors (Lipinski definition) is 2. The second-order valence-electron chi connectivity index (χ2n) is 7.54. The molecule has 6 heteroatoms. The van der Waals surface area contributed by atoms with Gasteiger partial charge in [0.25, 0.3) is 0 Å². The van der Waals surface area contributed by atoms with E-state index in [2.05, 4.69) is 12.1 Å². The molecule has 1 amide bonds. The summed E-state index contributed by atoms with van der Waals surface area (Å²) < 4.78 is 38.1. The molecule has 1 heterocycles. The molecule has 1 aliphatic rings. The minimum atomic E-state index is -4.35. The van der Waals surface area contributed by atoms with E-state index >= 15 is 0 Å². The van der Waals surface area contributed by atoms with Crippen LogP contribution in [0.5, 0.6) is 0 Å². The van der Waals surface area contributed by atoms with Gasteiger partial charge in [0, 0.05) is 25.4 Å². The summed E-state index contributed by atoms with van der Waals surface area (Å²) in [7, 11) is 0. The fourth-order valence-electron chi connectivity index (χ4n) is 3.90. The van der Waals surface area contributed by atoms with E-state index in [1.54, 1.807) is 0 Å². The van der Waals surface area contributed by atoms with E-state index in [1.165, 1.54) is 17.7 Å². The summed E-state index contributed by atoms with van der Waals surface area (Å²) in [4.78, 5) is 14.6. The quantitative estimate of drug-likeness (QED) is 0.823. The number of nitrogens with zero attached hydrogens (tertiary/aromatic N) is 1. The van der Waals surface area contributed by atoms with Gasteiger partial charge in [0.15, 0.2) is 0 Å². The van der Waals surface area contributed by atoms with E-state index < -0.39 is 11.7 Å². The molecule has 0 spiro atoms. The molecule has 1 fully saturated rings. The Hall–Kier alpha value is -2.34. The van der Waals surface area contributed by atoms with Crippen molar-refractivity contribution >= 4 is 5.91 Å². The third-order valence-electron chi connectivity index (χ3n) is 5.61. The van der Waals surface area contributed by atoms with Crippen molar-refractivity contribution in [1.29, 1.82) is 0 Å². The number of alkyl halides is 3. The molecule has 0 aromatic heterocycles. The van der Waals surface area contributed by atoms with Crippen molar-refractivity contribution in [3.63, 3.8) is 0 Å². The standard InChI is InChI=1S/C22H25F3N2O/c1-15(16-7-9-19(10-8-16)22(23,24)25)11-21(28)27-13-18(12-26)20(14-27)17-5-3-2-4-6-17/h2-10,15,18,20H,11-14,26H2,1H3/t15?,18-,20+/m1/s1. The molecule has 1 aliphatic heterocycles. The maximum Gasteiger partial charge on any atom is 0.416 e. The Morgan fingerprint density at radius 1 is 1.11 bits per heavy atom. The summed E-state index contributed by atoms with van der Waals surface area (Å²) in [6, 6.07) is 15.1. The van der Waals surface area contributed by atoms with Crippen molar-refractivity contribution in [1.82, 2.24) is 4.90 Å². The third-order valence-corrected chi connectivity index (χ3v) is 5.61. The van der Waals surface area contributed by atoms with E-state index in [0.717, 1.165) is 17.7 Å². The van der Waals surface area contributed by atoms with Gasteiger partial charge in [-0.1, -0.05) is 49.4 Å². The van der Waals surface area contributed by atoms with Crippen LogP contribution < -0.4 is 5.73 Å². The van der Waals surface area contributed by atoms with Gasteiger partial charge in [0.05, 0.1) is 5.56 Å². The van der Waals surface area contributed by atoms with Crippen LogP contribution in [0, 0.1) is 5.92 Å². The lowest BCUT2D eigenvalue weighted by Crippen LogP contribution is -2.30. The highest BCUT2D eigenvalue weighted by Gasteiger charge is 2.35. The summed E-state index contributed by atoms with van der Waals surface area (Å²) in [6.45, 7) is 3.63. The summed E-state index contributed by atoms with van der Waals surface area (Å²) in [5, 5.41) is 0. The molecule has 28 heavy (non-hydrogen) atoms. The molecule has 0 aliphatic carbocycles. The van der Waals surface area contributed by atoms with Gasteiger partial charge < -0.3 is 10.6 Å². The monoisotopic (exact) mass is 390 g/mol. The van der Waals surface area contributed by atoms with Crippen LogP contribution in [0.1, 0.15) is 41.9 Å². The molecule has 2 aromatic rings. The smallest absolute Gasteiger partial charge is 0.342 e. The SMILES string of the molecule is CC(CC(=O)N1C[C@@H](CN)[C@H](c2ccccc2)C1)c1ccc(C(F)(F)F)cc1. The van der Waals surface area contributed by atoms with Gasteiger partial charge in [-0.15, -0.1) is 0 Å². The second-order valence-corrected chi connectivity index (χ2v) is 7.54. The van der Waals surface area contributed by atoms with Gasteiger partial charge in [-0.05, 0) is 41.6 Å². The van der Waals surface area contributed by atoms with Crippen LogP contribution >= 0.6 is 0 Å². The molecule has 2 N–H and O–H groups in total. The lowest BCUT2D eigenvalue weighted by Gasteiger charge is -2.20. The first-order chi connectivity index (χ1) is 13.3. The number of rotatable bonds is 5. The first-order valence-electron chi connectivity index (χ1n) is 9.49. The minimum Gasteiger partial charge on any atom is -0.342 e. The second kappa shape index (κ2) is 8.35. The average molecular weight is 390 g/mol. The number of carbonyl (C=O) groups excluding carboxylic acids is 1. The van der Waals surface area contributed by atoms with Crippen LogP contribution in [-0.4, -0.2) is 30.4 Å². The Morgan fingerprint density at radius 2 is 1.75 bits per heavy atom. The van der Waals surface area contributed by atoms with Crippen LogP contribution in [0.4, 0.5) is 13.2 Å². The van der Waals surface area contributed by atoms with E-state index in [1.807, 2.05) is 30.0 Å². The minimum absolute atomic E-state index is 0.0179. The zero-order valence-electron chi connectivity index (χ0n) is 15.8. The van der Waals surface area contributed by atoms with Crippen molar-refractivity contribution in [2.24, 2.45) is 11.7 Å². The van der Waals surface area contributed by atoms with Crippen molar-refractivity contribution in [3.05, 3.63) is 71.3 Å². The first-order valence-corrected chi connectivity index (χ1v) is 9.49. The molecule has 150 valence electrons. The number of benzene rings is 2. The first kappa shape index (κ1) is 20.4. The van der Waals surface area contributed by atoms with Crippen LogP contribution in [-0.2, 0) is 11.0 Å². The van der Waals surface area contributed by atoms with Gasteiger partial charge >= 0.3 is 6.18 Å².